The molecule has 0 bridgehead atoms. The second-order valence-electron chi connectivity index (χ2n) is 4.27. The van der Waals surface area contributed by atoms with Gasteiger partial charge >= 0.3 is 5.97 Å². The number of aliphatic carboxylic acids is 1. The largest absolute Gasteiger partial charge is 0.481 e. The van der Waals surface area contributed by atoms with Crippen LogP contribution < -0.4 is 0 Å². The third-order valence-electron chi connectivity index (χ3n) is 2.67. The fraction of sp³-hybridized carbons (Fsp3) is 0.714. The van der Waals surface area contributed by atoms with Crippen LogP contribution in [0.3, 0.4) is 0 Å². The van der Waals surface area contributed by atoms with E-state index in [9.17, 15) is 9.59 Å². The first-order chi connectivity index (χ1) is 8.16. The van der Waals surface area contributed by atoms with E-state index in [4.69, 9.17) is 5.11 Å². The van der Waals surface area contributed by atoms with Crippen LogP contribution in [0, 0.1) is 0 Å². The number of rotatable bonds is 11. The van der Waals surface area contributed by atoms with E-state index in [1.165, 1.54) is 0 Å². The minimum Gasteiger partial charge on any atom is -0.481 e. The summed E-state index contributed by atoms with van der Waals surface area (Å²) in [6.45, 7) is 1.88. The van der Waals surface area contributed by atoms with Gasteiger partial charge in [-0.15, -0.1) is 0 Å². The first-order valence-electron chi connectivity index (χ1n) is 6.55. The van der Waals surface area contributed by atoms with Gasteiger partial charge in [0.1, 0.15) is 5.78 Å². The van der Waals surface area contributed by atoms with E-state index in [0.717, 1.165) is 38.5 Å². The van der Waals surface area contributed by atoms with Gasteiger partial charge in [0.2, 0.25) is 0 Å². The summed E-state index contributed by atoms with van der Waals surface area (Å²) in [7, 11) is 0. The van der Waals surface area contributed by atoms with Crippen LogP contribution in [-0.2, 0) is 9.59 Å². The number of carboxylic acids is 1. The highest BCUT2D eigenvalue weighted by Crippen LogP contribution is 2.07. The van der Waals surface area contributed by atoms with E-state index in [0.29, 0.717) is 19.3 Å². The minimum absolute atomic E-state index is 0.287. The second kappa shape index (κ2) is 11.4. The van der Waals surface area contributed by atoms with Crippen LogP contribution in [0.5, 0.6) is 0 Å². The number of carbonyl (C=O) groups excluding carboxylic acids is 1. The highest BCUT2D eigenvalue weighted by atomic mass is 16.4. The van der Waals surface area contributed by atoms with Gasteiger partial charge in [-0.2, -0.15) is 0 Å². The van der Waals surface area contributed by atoms with Gasteiger partial charge in [0, 0.05) is 19.3 Å². The fourth-order valence-corrected chi connectivity index (χ4v) is 1.55. The molecule has 0 aliphatic heterocycles. The van der Waals surface area contributed by atoms with Crippen molar-refractivity contribution in [2.75, 3.05) is 0 Å². The second-order valence-corrected chi connectivity index (χ2v) is 4.27. The molecule has 0 fully saturated rings. The molecule has 0 aromatic rings. The highest BCUT2D eigenvalue weighted by molar-refractivity contribution is 5.79. The van der Waals surface area contributed by atoms with Crippen LogP contribution in [0.1, 0.15) is 64.7 Å². The van der Waals surface area contributed by atoms with Crippen LogP contribution >= 0.6 is 0 Å². The molecule has 98 valence electrons. The van der Waals surface area contributed by atoms with Crippen molar-refractivity contribution in [2.24, 2.45) is 0 Å². The monoisotopic (exact) mass is 240 g/mol. The number of unbranched alkanes of at least 4 members (excludes halogenated alkanes) is 5. The van der Waals surface area contributed by atoms with Crippen molar-refractivity contribution in [3.63, 3.8) is 0 Å². The Bertz CT molecular complexity index is 244. The minimum atomic E-state index is -0.700. The van der Waals surface area contributed by atoms with E-state index in [2.05, 4.69) is 6.08 Å². The molecule has 1 N–H and O–H groups in total. The average Bonchev–Trinajstić information content (AvgIpc) is 2.30. The first kappa shape index (κ1) is 15.9. The molecule has 3 nitrogen and oxygen atoms in total. The number of hydrogen-bond acceptors (Lipinski definition) is 2. The van der Waals surface area contributed by atoms with E-state index < -0.39 is 5.97 Å². The zero-order valence-electron chi connectivity index (χ0n) is 10.8. The number of carboxylic acid groups (broad SMARTS) is 1. The Morgan fingerprint density at radius 2 is 1.65 bits per heavy atom. The lowest BCUT2D eigenvalue weighted by molar-refractivity contribution is -0.137. The van der Waals surface area contributed by atoms with Crippen molar-refractivity contribution in [1.29, 1.82) is 0 Å². The maximum atomic E-state index is 11.0. The van der Waals surface area contributed by atoms with Gasteiger partial charge in [0.05, 0.1) is 0 Å². The molecule has 0 saturated carbocycles. The van der Waals surface area contributed by atoms with Crippen molar-refractivity contribution in [1.82, 2.24) is 0 Å². The van der Waals surface area contributed by atoms with Crippen molar-refractivity contribution in [3.8, 4) is 0 Å². The molecule has 0 aromatic heterocycles. The van der Waals surface area contributed by atoms with Crippen LogP contribution in [0.4, 0.5) is 0 Å². The molecule has 0 aliphatic carbocycles. The summed E-state index contributed by atoms with van der Waals surface area (Å²) >= 11 is 0. The summed E-state index contributed by atoms with van der Waals surface area (Å²) in [5.41, 5.74) is 0. The number of Topliss-reactive ketones (excluding diaryl/α,β-unsaturated/α-hetero) is 1. The molecule has 17 heavy (non-hydrogen) atoms. The average molecular weight is 240 g/mol. The summed E-state index contributed by atoms with van der Waals surface area (Å²) < 4.78 is 0. The van der Waals surface area contributed by atoms with Crippen molar-refractivity contribution < 1.29 is 14.7 Å². The zero-order chi connectivity index (χ0) is 12.9. The van der Waals surface area contributed by atoms with Gasteiger partial charge in [-0.3, -0.25) is 9.59 Å². The van der Waals surface area contributed by atoms with E-state index in [1.54, 1.807) is 0 Å². The molecule has 0 aromatic carbocycles. The van der Waals surface area contributed by atoms with E-state index >= 15 is 0 Å². The van der Waals surface area contributed by atoms with Gasteiger partial charge in [0.25, 0.3) is 0 Å². The third-order valence-corrected chi connectivity index (χ3v) is 2.67. The molecule has 0 spiro atoms. The molecule has 0 rings (SSSR count). The number of hydrogen-bond donors (Lipinski definition) is 1. The predicted octanol–water partition coefficient (Wildman–Crippen LogP) is 3.73. The van der Waals surface area contributed by atoms with Crippen LogP contribution in [-0.4, -0.2) is 16.9 Å². The predicted molar refractivity (Wildman–Crippen MR) is 69.0 cm³/mol. The van der Waals surface area contributed by atoms with E-state index in [1.807, 2.05) is 13.0 Å². The molecule has 0 atom stereocenters. The van der Waals surface area contributed by atoms with Crippen LogP contribution in [0.15, 0.2) is 12.2 Å². The Morgan fingerprint density at radius 3 is 2.29 bits per heavy atom. The lowest BCUT2D eigenvalue weighted by Crippen LogP contribution is -1.93. The van der Waals surface area contributed by atoms with Crippen molar-refractivity contribution in [3.05, 3.63) is 12.2 Å². The number of carbonyl (C=O) groups is 2. The Hall–Kier alpha value is -1.12. The molecule has 0 radical (unpaired) electrons. The maximum absolute atomic E-state index is 11.0. The summed E-state index contributed by atoms with van der Waals surface area (Å²) in [5, 5.41) is 8.44. The summed E-state index contributed by atoms with van der Waals surface area (Å²) in [5.74, 6) is -0.413. The smallest absolute Gasteiger partial charge is 0.303 e. The molecule has 0 heterocycles. The Morgan fingerprint density at radius 1 is 1.00 bits per heavy atom. The summed E-state index contributed by atoms with van der Waals surface area (Å²) in [4.78, 5) is 21.2. The van der Waals surface area contributed by atoms with E-state index in [-0.39, 0.29) is 5.78 Å². The summed E-state index contributed by atoms with van der Waals surface area (Å²) in [6.07, 6.45) is 11.7. The lowest BCUT2D eigenvalue weighted by atomic mass is 10.1. The molecule has 0 saturated heterocycles. The van der Waals surface area contributed by atoms with Crippen LogP contribution in [0.2, 0.25) is 0 Å². The molecule has 3 heteroatoms. The molecule has 0 unspecified atom stereocenters. The fourth-order valence-electron chi connectivity index (χ4n) is 1.55. The highest BCUT2D eigenvalue weighted by Gasteiger charge is 1.96. The zero-order valence-corrected chi connectivity index (χ0v) is 10.8. The molecule has 0 amide bonds. The van der Waals surface area contributed by atoms with Crippen LogP contribution in [0.25, 0.3) is 0 Å². The van der Waals surface area contributed by atoms with Gasteiger partial charge in [-0.25, -0.2) is 0 Å². The normalized spacial score (nSPS) is 10.9. The van der Waals surface area contributed by atoms with Gasteiger partial charge in [-0.1, -0.05) is 38.3 Å². The molecular weight excluding hydrogens is 216 g/mol. The van der Waals surface area contributed by atoms with Crippen molar-refractivity contribution in [2.45, 2.75) is 64.7 Å². The number of allylic oxidation sites excluding steroid dienone is 2. The standard InChI is InChI=1S/C14H24O3/c1-2-13(15)11-9-7-5-3-4-6-8-10-12-14(16)17/h7,9H,2-6,8,10-12H2,1H3,(H,16,17)/b9-7+. The number of ketones is 1. The SMILES string of the molecule is CCC(=O)C/C=C/CCCCCCCC(=O)O. The Labute approximate surface area is 104 Å². The quantitative estimate of drug-likeness (QED) is 0.442. The Balaban J connectivity index is 3.18. The van der Waals surface area contributed by atoms with Gasteiger partial charge in [0.15, 0.2) is 0 Å². The van der Waals surface area contributed by atoms with Gasteiger partial charge in [-0.05, 0) is 19.3 Å². The van der Waals surface area contributed by atoms with Gasteiger partial charge < -0.3 is 5.11 Å². The lowest BCUT2D eigenvalue weighted by Gasteiger charge is -1.98. The maximum Gasteiger partial charge on any atom is 0.303 e. The topological polar surface area (TPSA) is 54.4 Å². The Kier molecular flexibility index (Phi) is 10.6. The summed E-state index contributed by atoms with van der Waals surface area (Å²) in [6, 6.07) is 0. The molecule has 0 aliphatic rings. The van der Waals surface area contributed by atoms with Crippen molar-refractivity contribution >= 4 is 11.8 Å². The first-order valence-corrected chi connectivity index (χ1v) is 6.55. The third kappa shape index (κ3) is 12.8. The molecular formula is C14H24O3.